The number of carboxylic acid groups (broad SMARTS) is 1. The number of para-hydroxylation sites is 2. The van der Waals surface area contributed by atoms with Gasteiger partial charge in [0.1, 0.15) is 6.54 Å². The molecule has 140 valence electrons. The summed E-state index contributed by atoms with van der Waals surface area (Å²) in [5.41, 5.74) is 2.74. The normalized spacial score (nSPS) is 12.1. The van der Waals surface area contributed by atoms with Crippen molar-refractivity contribution in [2.45, 2.75) is 25.9 Å². The molecule has 0 spiro atoms. The fourth-order valence-corrected chi connectivity index (χ4v) is 3.29. The molecular formula is C20H21N3O4. The first-order chi connectivity index (χ1) is 12.9. The standard InChI is InChI=1S/C20H21N3O4/c1-13-7-3-4-8-14(13)15(11-19(25)26)21-18(24)12-23-17-10-6-5-9-16(17)22(2)20(23)27/h3-10,15H,11-12H2,1-2H3,(H,21,24)(H,25,26). The maximum Gasteiger partial charge on any atom is 0.329 e. The van der Waals surface area contributed by atoms with Crippen LogP contribution in [0, 0.1) is 6.92 Å². The molecule has 0 aliphatic heterocycles. The minimum Gasteiger partial charge on any atom is -0.481 e. The second-order valence-electron chi connectivity index (χ2n) is 6.49. The minimum absolute atomic E-state index is 0.178. The summed E-state index contributed by atoms with van der Waals surface area (Å²) in [7, 11) is 1.65. The predicted octanol–water partition coefficient (Wildman–Crippen LogP) is 1.98. The third-order valence-corrected chi connectivity index (χ3v) is 4.63. The Morgan fingerprint density at radius 2 is 1.70 bits per heavy atom. The first-order valence-electron chi connectivity index (χ1n) is 8.59. The highest BCUT2D eigenvalue weighted by molar-refractivity contribution is 5.81. The number of hydrogen-bond acceptors (Lipinski definition) is 3. The molecule has 0 bridgehead atoms. The monoisotopic (exact) mass is 367 g/mol. The molecule has 1 heterocycles. The summed E-state index contributed by atoms with van der Waals surface area (Å²) >= 11 is 0. The molecule has 1 amide bonds. The van der Waals surface area contributed by atoms with Crippen molar-refractivity contribution in [3.63, 3.8) is 0 Å². The van der Waals surface area contributed by atoms with Crippen molar-refractivity contribution in [1.29, 1.82) is 0 Å². The fourth-order valence-electron chi connectivity index (χ4n) is 3.29. The van der Waals surface area contributed by atoms with E-state index in [1.807, 2.05) is 31.2 Å². The van der Waals surface area contributed by atoms with Gasteiger partial charge in [-0.05, 0) is 30.2 Å². The van der Waals surface area contributed by atoms with Gasteiger partial charge in [-0.2, -0.15) is 0 Å². The molecule has 1 atom stereocenters. The number of aryl methyl sites for hydroxylation is 2. The van der Waals surface area contributed by atoms with E-state index in [1.165, 1.54) is 9.13 Å². The first kappa shape index (κ1) is 18.4. The Hall–Kier alpha value is -3.35. The summed E-state index contributed by atoms with van der Waals surface area (Å²) in [5.74, 6) is -1.42. The van der Waals surface area contributed by atoms with Crippen LogP contribution in [0.4, 0.5) is 0 Å². The largest absolute Gasteiger partial charge is 0.481 e. The molecule has 27 heavy (non-hydrogen) atoms. The van der Waals surface area contributed by atoms with E-state index in [1.54, 1.807) is 31.3 Å². The van der Waals surface area contributed by atoms with Crippen molar-refractivity contribution in [3.05, 3.63) is 70.1 Å². The number of carbonyl (C=O) groups is 2. The van der Waals surface area contributed by atoms with Gasteiger partial charge in [-0.1, -0.05) is 36.4 Å². The zero-order valence-corrected chi connectivity index (χ0v) is 15.2. The third kappa shape index (κ3) is 3.76. The smallest absolute Gasteiger partial charge is 0.329 e. The van der Waals surface area contributed by atoms with E-state index in [-0.39, 0.29) is 18.7 Å². The highest BCUT2D eigenvalue weighted by Crippen LogP contribution is 2.21. The van der Waals surface area contributed by atoms with E-state index < -0.39 is 17.9 Å². The topological polar surface area (TPSA) is 93.3 Å². The van der Waals surface area contributed by atoms with Crippen LogP contribution in [-0.4, -0.2) is 26.1 Å². The Morgan fingerprint density at radius 3 is 2.37 bits per heavy atom. The van der Waals surface area contributed by atoms with Crippen LogP contribution >= 0.6 is 0 Å². The van der Waals surface area contributed by atoms with Gasteiger partial charge in [0.05, 0.1) is 23.5 Å². The number of carbonyl (C=O) groups excluding carboxylic acids is 1. The quantitative estimate of drug-likeness (QED) is 0.697. The van der Waals surface area contributed by atoms with Crippen molar-refractivity contribution >= 4 is 22.9 Å². The number of nitrogens with one attached hydrogen (secondary N) is 1. The lowest BCUT2D eigenvalue weighted by Gasteiger charge is -2.19. The number of fused-ring (bicyclic) bond motifs is 1. The lowest BCUT2D eigenvalue weighted by Crippen LogP contribution is -2.36. The molecule has 0 aliphatic carbocycles. The van der Waals surface area contributed by atoms with Gasteiger partial charge in [0.2, 0.25) is 5.91 Å². The average Bonchev–Trinajstić information content (AvgIpc) is 2.86. The summed E-state index contributed by atoms with van der Waals surface area (Å²) < 4.78 is 2.87. The zero-order chi connectivity index (χ0) is 19.6. The summed E-state index contributed by atoms with van der Waals surface area (Å²) in [6, 6.07) is 13.9. The van der Waals surface area contributed by atoms with Gasteiger partial charge in [-0.25, -0.2) is 4.79 Å². The second-order valence-corrected chi connectivity index (χ2v) is 6.49. The van der Waals surface area contributed by atoms with Crippen molar-refractivity contribution in [2.24, 2.45) is 7.05 Å². The Kier molecular flexibility index (Phi) is 5.12. The molecule has 2 N–H and O–H groups in total. The molecule has 0 saturated heterocycles. The van der Waals surface area contributed by atoms with E-state index in [2.05, 4.69) is 5.32 Å². The molecular weight excluding hydrogens is 346 g/mol. The van der Waals surface area contributed by atoms with Crippen LogP contribution in [0.1, 0.15) is 23.6 Å². The number of benzene rings is 2. The van der Waals surface area contributed by atoms with E-state index >= 15 is 0 Å². The molecule has 1 unspecified atom stereocenters. The van der Waals surface area contributed by atoms with Crippen LogP contribution in [0.2, 0.25) is 0 Å². The van der Waals surface area contributed by atoms with Crippen LogP contribution in [0.15, 0.2) is 53.3 Å². The SMILES string of the molecule is Cc1ccccc1C(CC(=O)O)NC(=O)Cn1c(=O)n(C)c2ccccc21. The van der Waals surface area contributed by atoms with Crippen LogP contribution in [0.3, 0.4) is 0 Å². The molecule has 7 heteroatoms. The summed E-state index contributed by atoms with van der Waals surface area (Å²) in [6.45, 7) is 1.69. The number of amides is 1. The number of carboxylic acids is 1. The first-order valence-corrected chi connectivity index (χ1v) is 8.59. The molecule has 0 fully saturated rings. The van der Waals surface area contributed by atoms with Crippen molar-refractivity contribution in [2.75, 3.05) is 0 Å². The van der Waals surface area contributed by atoms with Crippen molar-refractivity contribution < 1.29 is 14.7 Å². The van der Waals surface area contributed by atoms with E-state index in [9.17, 15) is 19.5 Å². The van der Waals surface area contributed by atoms with Gasteiger partial charge < -0.3 is 10.4 Å². The van der Waals surface area contributed by atoms with Gasteiger partial charge >= 0.3 is 11.7 Å². The number of aliphatic carboxylic acids is 1. The second kappa shape index (κ2) is 7.49. The van der Waals surface area contributed by atoms with E-state index in [0.29, 0.717) is 5.52 Å². The molecule has 3 rings (SSSR count). The Morgan fingerprint density at radius 1 is 1.07 bits per heavy atom. The molecule has 0 aliphatic rings. The predicted molar refractivity (Wildman–Crippen MR) is 101 cm³/mol. The number of hydrogen-bond donors (Lipinski definition) is 2. The Bertz CT molecular complexity index is 1060. The van der Waals surface area contributed by atoms with Crippen LogP contribution in [0.25, 0.3) is 11.0 Å². The lowest BCUT2D eigenvalue weighted by molar-refractivity contribution is -0.137. The number of imidazole rings is 1. The third-order valence-electron chi connectivity index (χ3n) is 4.63. The van der Waals surface area contributed by atoms with Gasteiger partial charge in [-0.3, -0.25) is 18.7 Å². The van der Waals surface area contributed by atoms with Crippen LogP contribution in [-0.2, 0) is 23.2 Å². The maximum absolute atomic E-state index is 12.6. The van der Waals surface area contributed by atoms with Crippen molar-refractivity contribution in [1.82, 2.24) is 14.5 Å². The summed E-state index contributed by atoms with van der Waals surface area (Å²) in [4.78, 5) is 36.3. The number of aromatic nitrogens is 2. The Balaban J connectivity index is 1.87. The van der Waals surface area contributed by atoms with Crippen LogP contribution < -0.4 is 11.0 Å². The molecule has 1 aromatic heterocycles. The number of rotatable bonds is 6. The molecule has 7 nitrogen and oxygen atoms in total. The van der Waals surface area contributed by atoms with E-state index in [4.69, 9.17) is 0 Å². The average molecular weight is 367 g/mol. The van der Waals surface area contributed by atoms with E-state index in [0.717, 1.165) is 16.6 Å². The molecule has 2 aromatic carbocycles. The zero-order valence-electron chi connectivity index (χ0n) is 15.2. The van der Waals surface area contributed by atoms with Gasteiger partial charge in [0.25, 0.3) is 0 Å². The highest BCUT2D eigenvalue weighted by Gasteiger charge is 2.21. The minimum atomic E-state index is -1.01. The summed E-state index contributed by atoms with van der Waals surface area (Å²) in [6.07, 6.45) is -0.235. The van der Waals surface area contributed by atoms with Crippen LogP contribution in [0.5, 0.6) is 0 Å². The maximum atomic E-state index is 12.6. The molecule has 0 saturated carbocycles. The van der Waals surface area contributed by atoms with Crippen molar-refractivity contribution in [3.8, 4) is 0 Å². The fraction of sp³-hybridized carbons (Fsp3) is 0.250. The molecule has 3 aromatic rings. The van der Waals surface area contributed by atoms with Gasteiger partial charge in [0, 0.05) is 7.05 Å². The molecule has 0 radical (unpaired) electrons. The van der Waals surface area contributed by atoms with Gasteiger partial charge in [0.15, 0.2) is 0 Å². The van der Waals surface area contributed by atoms with Gasteiger partial charge in [-0.15, -0.1) is 0 Å². The Labute approximate surface area is 155 Å². The lowest BCUT2D eigenvalue weighted by atomic mass is 9.99. The summed E-state index contributed by atoms with van der Waals surface area (Å²) in [5, 5.41) is 12.0. The highest BCUT2D eigenvalue weighted by atomic mass is 16.4. The number of nitrogens with zero attached hydrogens (tertiary/aromatic N) is 2.